The number of amides is 1. The Kier molecular flexibility index (Phi) is 5.21. The quantitative estimate of drug-likeness (QED) is 0.675. The van der Waals surface area contributed by atoms with Crippen LogP contribution in [-0.4, -0.2) is 50.4 Å². The molecule has 162 valence electrons. The molecule has 0 bridgehead atoms. The molecule has 0 unspecified atom stereocenters. The standard InChI is InChI=1S/C23H28N6O2/c1-15-5-4-11-29(13-15)23-26-17-10-12-28(14-16(17)22(31)27-23)21(30)9-8-20-24-18-6-2-3-7-19(18)25-20/h2-3,6-7,15H,4-5,8-14H2,1H3,(H,24,25)(H,26,27,31)/t15-/m0/s1. The number of piperidine rings is 1. The second-order valence-corrected chi connectivity index (χ2v) is 8.77. The van der Waals surface area contributed by atoms with Crippen molar-refractivity contribution < 1.29 is 4.79 Å². The predicted octanol–water partition coefficient (Wildman–Crippen LogP) is 2.40. The molecule has 8 heteroatoms. The molecule has 5 rings (SSSR count). The molecule has 2 aliphatic heterocycles. The van der Waals surface area contributed by atoms with Crippen LogP contribution in [0.25, 0.3) is 11.0 Å². The van der Waals surface area contributed by atoms with Crippen LogP contribution in [0.15, 0.2) is 29.1 Å². The maximum Gasteiger partial charge on any atom is 0.257 e. The minimum absolute atomic E-state index is 0.0411. The largest absolute Gasteiger partial charge is 0.342 e. The van der Waals surface area contributed by atoms with Crippen LogP contribution in [-0.2, 0) is 24.2 Å². The van der Waals surface area contributed by atoms with Crippen LogP contribution in [0.1, 0.15) is 43.3 Å². The van der Waals surface area contributed by atoms with Crippen molar-refractivity contribution in [3.8, 4) is 0 Å². The number of carbonyl (C=O) groups excluding carboxylic acids is 1. The summed E-state index contributed by atoms with van der Waals surface area (Å²) in [7, 11) is 0. The molecular weight excluding hydrogens is 392 g/mol. The van der Waals surface area contributed by atoms with E-state index in [1.165, 1.54) is 6.42 Å². The molecule has 2 aromatic heterocycles. The van der Waals surface area contributed by atoms with E-state index in [-0.39, 0.29) is 11.5 Å². The molecule has 4 heterocycles. The van der Waals surface area contributed by atoms with Gasteiger partial charge in [-0.3, -0.25) is 14.6 Å². The van der Waals surface area contributed by atoms with E-state index in [0.29, 0.717) is 49.8 Å². The number of aryl methyl sites for hydroxylation is 1. The molecule has 0 spiro atoms. The first-order chi connectivity index (χ1) is 15.1. The summed E-state index contributed by atoms with van der Waals surface area (Å²) in [4.78, 5) is 45.1. The van der Waals surface area contributed by atoms with Crippen LogP contribution in [0, 0.1) is 5.92 Å². The smallest absolute Gasteiger partial charge is 0.257 e. The number of benzene rings is 1. The highest BCUT2D eigenvalue weighted by Gasteiger charge is 2.26. The first-order valence-corrected chi connectivity index (χ1v) is 11.2. The monoisotopic (exact) mass is 420 g/mol. The summed E-state index contributed by atoms with van der Waals surface area (Å²) in [5, 5.41) is 0. The molecule has 31 heavy (non-hydrogen) atoms. The number of para-hydroxylation sites is 2. The highest BCUT2D eigenvalue weighted by atomic mass is 16.2. The van der Waals surface area contributed by atoms with Crippen molar-refractivity contribution in [3.05, 3.63) is 51.7 Å². The van der Waals surface area contributed by atoms with Crippen molar-refractivity contribution in [1.82, 2.24) is 24.8 Å². The van der Waals surface area contributed by atoms with Crippen molar-refractivity contribution in [2.75, 3.05) is 24.5 Å². The number of nitrogens with zero attached hydrogens (tertiary/aromatic N) is 4. The first kappa shape index (κ1) is 19.8. The van der Waals surface area contributed by atoms with Crippen LogP contribution < -0.4 is 10.5 Å². The van der Waals surface area contributed by atoms with E-state index in [2.05, 4.69) is 26.8 Å². The second-order valence-electron chi connectivity index (χ2n) is 8.77. The number of hydrogen-bond acceptors (Lipinski definition) is 5. The van der Waals surface area contributed by atoms with Gasteiger partial charge in [0, 0.05) is 38.9 Å². The van der Waals surface area contributed by atoms with Gasteiger partial charge in [0.25, 0.3) is 5.56 Å². The molecule has 3 aromatic rings. The van der Waals surface area contributed by atoms with Crippen LogP contribution in [0.3, 0.4) is 0 Å². The minimum atomic E-state index is -0.118. The third-order valence-electron chi connectivity index (χ3n) is 6.38. The summed E-state index contributed by atoms with van der Waals surface area (Å²) < 4.78 is 0. The van der Waals surface area contributed by atoms with Crippen molar-refractivity contribution >= 4 is 22.9 Å². The van der Waals surface area contributed by atoms with E-state index >= 15 is 0 Å². The number of fused-ring (bicyclic) bond motifs is 2. The van der Waals surface area contributed by atoms with Crippen molar-refractivity contribution in [2.45, 2.75) is 45.6 Å². The molecule has 1 saturated heterocycles. The fourth-order valence-corrected chi connectivity index (χ4v) is 4.66. The maximum atomic E-state index is 12.8. The highest BCUT2D eigenvalue weighted by molar-refractivity contribution is 5.77. The van der Waals surface area contributed by atoms with Gasteiger partial charge in [-0.2, -0.15) is 0 Å². The fourth-order valence-electron chi connectivity index (χ4n) is 4.66. The lowest BCUT2D eigenvalue weighted by Gasteiger charge is -2.33. The second kappa shape index (κ2) is 8.17. The molecule has 1 amide bonds. The Morgan fingerprint density at radius 1 is 1.19 bits per heavy atom. The van der Waals surface area contributed by atoms with Crippen molar-refractivity contribution in [2.24, 2.45) is 5.92 Å². The molecule has 0 saturated carbocycles. The van der Waals surface area contributed by atoms with E-state index < -0.39 is 0 Å². The Morgan fingerprint density at radius 3 is 2.90 bits per heavy atom. The highest BCUT2D eigenvalue weighted by Crippen LogP contribution is 2.22. The number of nitrogens with one attached hydrogen (secondary N) is 2. The third kappa shape index (κ3) is 4.06. The van der Waals surface area contributed by atoms with Gasteiger partial charge in [0.2, 0.25) is 11.9 Å². The topological polar surface area (TPSA) is 98.0 Å². The van der Waals surface area contributed by atoms with Gasteiger partial charge in [0.15, 0.2) is 0 Å². The van der Waals surface area contributed by atoms with Gasteiger partial charge in [-0.25, -0.2) is 9.97 Å². The Hall–Kier alpha value is -3.16. The molecule has 2 aliphatic rings. The zero-order chi connectivity index (χ0) is 21.4. The zero-order valence-corrected chi connectivity index (χ0v) is 17.9. The van der Waals surface area contributed by atoms with E-state index in [4.69, 9.17) is 4.98 Å². The SMILES string of the molecule is C[C@H]1CCCN(c2nc3c(c(=O)[nH]2)CN(C(=O)CCc2nc4ccccc4[nH]2)CC3)C1. The normalized spacial score (nSPS) is 18.9. The van der Waals surface area contributed by atoms with E-state index in [1.807, 2.05) is 24.3 Å². The number of aromatic nitrogens is 4. The third-order valence-corrected chi connectivity index (χ3v) is 6.38. The van der Waals surface area contributed by atoms with Gasteiger partial charge in [0.05, 0.1) is 28.8 Å². The number of aromatic amines is 2. The Labute approximate surface area is 180 Å². The summed E-state index contributed by atoms with van der Waals surface area (Å²) in [6.07, 6.45) is 3.88. The molecule has 1 fully saturated rings. The number of hydrogen-bond donors (Lipinski definition) is 2. The Morgan fingerprint density at radius 2 is 2.06 bits per heavy atom. The summed E-state index contributed by atoms with van der Waals surface area (Å²) in [6.45, 7) is 5.01. The number of imidazole rings is 1. The summed E-state index contributed by atoms with van der Waals surface area (Å²) in [5.74, 6) is 2.14. The lowest BCUT2D eigenvalue weighted by molar-refractivity contribution is -0.132. The Balaban J connectivity index is 1.25. The van der Waals surface area contributed by atoms with Crippen LogP contribution >= 0.6 is 0 Å². The minimum Gasteiger partial charge on any atom is -0.342 e. The zero-order valence-electron chi connectivity index (χ0n) is 17.9. The van der Waals surface area contributed by atoms with Crippen molar-refractivity contribution in [1.29, 1.82) is 0 Å². The molecule has 8 nitrogen and oxygen atoms in total. The average molecular weight is 421 g/mol. The van der Waals surface area contributed by atoms with E-state index in [9.17, 15) is 9.59 Å². The van der Waals surface area contributed by atoms with Gasteiger partial charge in [-0.05, 0) is 30.9 Å². The van der Waals surface area contributed by atoms with E-state index in [1.54, 1.807) is 4.90 Å². The van der Waals surface area contributed by atoms with Crippen LogP contribution in [0.5, 0.6) is 0 Å². The molecule has 1 atom stereocenters. The predicted molar refractivity (Wildman–Crippen MR) is 119 cm³/mol. The van der Waals surface area contributed by atoms with Gasteiger partial charge < -0.3 is 14.8 Å². The molecule has 1 aromatic carbocycles. The average Bonchev–Trinajstić information content (AvgIpc) is 3.20. The van der Waals surface area contributed by atoms with Gasteiger partial charge in [-0.15, -0.1) is 0 Å². The van der Waals surface area contributed by atoms with Crippen LogP contribution in [0.2, 0.25) is 0 Å². The Bertz CT molecular complexity index is 1130. The summed E-state index contributed by atoms with van der Waals surface area (Å²) >= 11 is 0. The van der Waals surface area contributed by atoms with Gasteiger partial charge in [-0.1, -0.05) is 19.1 Å². The molecular formula is C23H28N6O2. The molecule has 2 N–H and O–H groups in total. The number of carbonyl (C=O) groups is 1. The number of rotatable bonds is 4. The fraction of sp³-hybridized carbons (Fsp3) is 0.478. The lowest BCUT2D eigenvalue weighted by Crippen LogP contribution is -2.41. The van der Waals surface area contributed by atoms with Crippen molar-refractivity contribution in [3.63, 3.8) is 0 Å². The number of H-pyrrole nitrogens is 2. The van der Waals surface area contributed by atoms with Gasteiger partial charge >= 0.3 is 0 Å². The maximum absolute atomic E-state index is 12.8. The van der Waals surface area contributed by atoms with E-state index in [0.717, 1.165) is 42.1 Å². The van der Waals surface area contributed by atoms with Gasteiger partial charge in [0.1, 0.15) is 5.82 Å². The molecule has 0 aliphatic carbocycles. The number of anilines is 1. The lowest BCUT2D eigenvalue weighted by atomic mass is 10.0. The summed E-state index contributed by atoms with van der Waals surface area (Å²) in [6, 6.07) is 7.85. The molecule has 0 radical (unpaired) electrons. The van der Waals surface area contributed by atoms with Crippen LogP contribution in [0.4, 0.5) is 5.95 Å². The first-order valence-electron chi connectivity index (χ1n) is 11.2. The summed E-state index contributed by atoms with van der Waals surface area (Å²) in [5.41, 5.74) is 3.23.